The fourth-order valence-corrected chi connectivity index (χ4v) is 5.77. The van der Waals surface area contributed by atoms with Gasteiger partial charge in [-0.3, -0.25) is 9.32 Å². The molecule has 18 nitrogen and oxygen atoms in total. The molecule has 2 heterocycles. The van der Waals surface area contributed by atoms with Crippen molar-refractivity contribution in [2.75, 3.05) is 13.2 Å². The second-order valence-electron chi connectivity index (χ2n) is 6.30. The monoisotopic (exact) mass is 521 g/mol. The number of hydrogen-bond acceptors (Lipinski definition) is 11. The van der Waals surface area contributed by atoms with Crippen molar-refractivity contribution >= 4 is 29.4 Å². The number of azide groups is 1. The van der Waals surface area contributed by atoms with E-state index in [1.54, 1.807) is 0 Å². The summed E-state index contributed by atoms with van der Waals surface area (Å²) in [6.45, 7) is 1.91. The Bertz CT molecular complexity index is 992. The molecule has 1 amide bonds. The van der Waals surface area contributed by atoms with Crippen LogP contribution < -0.4 is 5.32 Å². The first kappa shape index (κ1) is 26.6. The molecule has 2 unspecified atom stereocenters. The van der Waals surface area contributed by atoms with E-state index < -0.39 is 60.5 Å². The first-order chi connectivity index (χ1) is 14.6. The summed E-state index contributed by atoms with van der Waals surface area (Å²) in [7, 11) is -16.9. The molecule has 2 rings (SSSR count). The molecule has 180 valence electrons. The molecule has 1 saturated heterocycles. The predicted octanol–water partition coefficient (Wildman–Crippen LogP) is -0.0972. The molecule has 0 bridgehead atoms. The lowest BCUT2D eigenvalue weighted by Crippen LogP contribution is -2.48. The van der Waals surface area contributed by atoms with Gasteiger partial charge in [-0.05, 0) is 5.53 Å². The number of amides is 1. The number of hydrogen-bond donors (Lipinski definition) is 6. The van der Waals surface area contributed by atoms with E-state index in [9.17, 15) is 33.4 Å². The molecule has 0 aromatic rings. The van der Waals surface area contributed by atoms with Crippen LogP contribution in [0.15, 0.2) is 29.8 Å². The van der Waals surface area contributed by atoms with Gasteiger partial charge in [0.1, 0.15) is 17.6 Å². The molecular weight excluding hydrogens is 503 g/mol. The molecule has 0 spiro atoms. The molecule has 21 heteroatoms. The number of rotatable bonds is 10. The van der Waals surface area contributed by atoms with E-state index in [-0.39, 0.29) is 12.2 Å². The quantitative estimate of drug-likeness (QED) is 0.0948. The van der Waals surface area contributed by atoms with E-state index in [1.807, 2.05) is 0 Å². The van der Waals surface area contributed by atoms with Gasteiger partial charge in [0.2, 0.25) is 0 Å². The van der Waals surface area contributed by atoms with Gasteiger partial charge in [-0.25, -0.2) is 13.7 Å². The lowest BCUT2D eigenvalue weighted by molar-refractivity contribution is -0.129. The SMILES string of the molecule is C=C1NC(=O)C=CN1[C@H]1C[C@H](O)[C@@](CN=[N+]=[N-])(COP(=O)(O)OP(=O)(O)OP(=O)(O)O)O1. The zero-order valence-corrected chi connectivity index (χ0v) is 18.5. The van der Waals surface area contributed by atoms with E-state index in [0.717, 1.165) is 6.08 Å². The van der Waals surface area contributed by atoms with Crippen molar-refractivity contribution < 1.29 is 61.1 Å². The van der Waals surface area contributed by atoms with Crippen LogP contribution in [0.1, 0.15) is 6.42 Å². The van der Waals surface area contributed by atoms with Gasteiger partial charge in [0.05, 0.1) is 19.3 Å². The standard InChI is InChI=1S/C11H18N5O13P3/c1-7-14-9(18)2-3-16(7)10-4-8(17)11(27-10,5-13-15-12)6-26-31(22,23)29-32(24,25)28-30(19,20)21/h2-3,8,10,17H,1,4-6H2,(H,14,18)(H,22,23)(H,24,25)(H2,19,20,21)/t8-,10+,11+/m0/s1. The highest BCUT2D eigenvalue weighted by Gasteiger charge is 2.52. The average Bonchev–Trinajstić information content (AvgIpc) is 2.92. The maximum Gasteiger partial charge on any atom is 0.490 e. The Labute approximate surface area is 179 Å². The summed E-state index contributed by atoms with van der Waals surface area (Å²) < 4.78 is 51.5. The van der Waals surface area contributed by atoms with Crippen LogP contribution in [-0.2, 0) is 36.4 Å². The van der Waals surface area contributed by atoms with E-state index in [1.165, 1.54) is 11.1 Å². The van der Waals surface area contributed by atoms with Crippen molar-refractivity contribution in [3.05, 3.63) is 35.1 Å². The highest BCUT2D eigenvalue weighted by atomic mass is 31.3. The minimum Gasteiger partial charge on any atom is -0.390 e. The lowest BCUT2D eigenvalue weighted by atomic mass is 9.98. The van der Waals surface area contributed by atoms with Gasteiger partial charge < -0.3 is 39.6 Å². The lowest BCUT2D eigenvalue weighted by Gasteiger charge is -2.34. The third-order valence-electron chi connectivity index (χ3n) is 3.97. The highest BCUT2D eigenvalue weighted by Crippen LogP contribution is 2.66. The molecule has 2 aliphatic rings. The number of aliphatic hydroxyl groups excluding tert-OH is 1. The number of aliphatic hydroxyl groups is 1. The van der Waals surface area contributed by atoms with Crippen molar-refractivity contribution in [1.82, 2.24) is 10.2 Å². The zero-order chi connectivity index (χ0) is 24.4. The molecule has 2 aliphatic heterocycles. The molecule has 0 radical (unpaired) electrons. The molecule has 0 aromatic carbocycles. The number of phosphoric ester groups is 1. The largest absolute Gasteiger partial charge is 0.490 e. The molecule has 0 aromatic heterocycles. The first-order valence-corrected chi connectivity index (χ1v) is 12.7. The van der Waals surface area contributed by atoms with Crippen LogP contribution in [0.2, 0.25) is 0 Å². The number of nitrogens with zero attached hydrogens (tertiary/aromatic N) is 4. The maximum atomic E-state index is 12.0. The Morgan fingerprint density at radius 3 is 2.53 bits per heavy atom. The normalized spacial score (nSPS) is 29.7. The van der Waals surface area contributed by atoms with Crippen molar-refractivity contribution in [3.8, 4) is 0 Å². The topological polar surface area (TPSA) is 270 Å². The van der Waals surface area contributed by atoms with Crippen molar-refractivity contribution in [3.63, 3.8) is 0 Å². The van der Waals surface area contributed by atoms with Crippen LogP contribution >= 0.6 is 23.5 Å². The first-order valence-electron chi connectivity index (χ1n) is 8.20. The van der Waals surface area contributed by atoms with Gasteiger partial charge in [0.15, 0.2) is 0 Å². The Balaban J connectivity index is 2.18. The number of ether oxygens (including phenoxy) is 1. The maximum absolute atomic E-state index is 12.0. The minimum absolute atomic E-state index is 0.0715. The number of nitrogens with one attached hydrogen (secondary N) is 1. The van der Waals surface area contributed by atoms with Crippen LogP contribution in [0, 0.1) is 0 Å². The van der Waals surface area contributed by atoms with E-state index >= 15 is 0 Å². The van der Waals surface area contributed by atoms with Crippen LogP contribution in [0.4, 0.5) is 0 Å². The van der Waals surface area contributed by atoms with Crippen LogP contribution in [0.3, 0.4) is 0 Å². The summed E-state index contributed by atoms with van der Waals surface area (Å²) in [5.41, 5.74) is 6.64. The number of carbonyl (C=O) groups is 1. The Kier molecular flexibility index (Phi) is 8.08. The van der Waals surface area contributed by atoms with Crippen LogP contribution in [0.5, 0.6) is 0 Å². The summed E-state index contributed by atoms with van der Waals surface area (Å²) in [4.78, 5) is 51.1. The van der Waals surface area contributed by atoms with E-state index in [2.05, 4.69) is 35.1 Å². The molecule has 0 saturated carbocycles. The van der Waals surface area contributed by atoms with Gasteiger partial charge in [0, 0.05) is 23.6 Å². The summed E-state index contributed by atoms with van der Waals surface area (Å²) >= 11 is 0. The smallest absolute Gasteiger partial charge is 0.390 e. The van der Waals surface area contributed by atoms with Gasteiger partial charge >= 0.3 is 23.5 Å². The predicted molar refractivity (Wildman–Crippen MR) is 100 cm³/mol. The average molecular weight is 521 g/mol. The van der Waals surface area contributed by atoms with Crippen molar-refractivity contribution in [2.24, 2.45) is 5.11 Å². The molecule has 0 aliphatic carbocycles. The molecular formula is C11H18N5O13P3. The third-order valence-corrected chi connectivity index (χ3v) is 7.75. The fourth-order valence-electron chi connectivity index (χ4n) is 2.69. The Hall–Kier alpha value is -1.61. The van der Waals surface area contributed by atoms with E-state index in [0.29, 0.717) is 0 Å². The van der Waals surface area contributed by atoms with Crippen LogP contribution in [0.25, 0.3) is 10.4 Å². The Morgan fingerprint density at radius 2 is 1.97 bits per heavy atom. The van der Waals surface area contributed by atoms with Gasteiger partial charge in [-0.2, -0.15) is 8.62 Å². The number of carbonyl (C=O) groups excluding carboxylic acids is 1. The molecule has 1 fully saturated rings. The fraction of sp³-hybridized carbons (Fsp3) is 0.545. The van der Waals surface area contributed by atoms with Crippen LogP contribution in [-0.4, -0.2) is 66.6 Å². The van der Waals surface area contributed by atoms with E-state index in [4.69, 9.17) is 20.1 Å². The summed E-state index contributed by atoms with van der Waals surface area (Å²) in [5, 5.41) is 16.1. The van der Waals surface area contributed by atoms with Gasteiger partial charge in [-0.1, -0.05) is 11.7 Å². The summed E-state index contributed by atoms with van der Waals surface area (Å²) in [6, 6.07) is 0. The minimum atomic E-state index is -5.76. The summed E-state index contributed by atoms with van der Waals surface area (Å²) in [5.74, 6) is -0.403. The molecule has 5 atom stereocenters. The van der Waals surface area contributed by atoms with Gasteiger partial charge in [-0.15, -0.1) is 0 Å². The Morgan fingerprint density at radius 1 is 1.31 bits per heavy atom. The highest BCUT2D eigenvalue weighted by molar-refractivity contribution is 7.66. The second kappa shape index (κ2) is 9.71. The zero-order valence-electron chi connectivity index (χ0n) is 15.8. The van der Waals surface area contributed by atoms with Gasteiger partial charge in [0.25, 0.3) is 5.91 Å². The third kappa shape index (κ3) is 7.20. The summed E-state index contributed by atoms with van der Waals surface area (Å²) in [6.07, 6.45) is -0.300. The molecule has 32 heavy (non-hydrogen) atoms. The van der Waals surface area contributed by atoms with Crippen molar-refractivity contribution in [1.29, 1.82) is 0 Å². The molecule has 6 N–H and O–H groups in total. The van der Waals surface area contributed by atoms with Crippen molar-refractivity contribution in [2.45, 2.75) is 24.4 Å². The second-order valence-corrected chi connectivity index (χ2v) is 10.7. The number of phosphoric acid groups is 3.